The van der Waals surface area contributed by atoms with Crippen molar-refractivity contribution in [2.75, 3.05) is 0 Å². The van der Waals surface area contributed by atoms with Gasteiger partial charge in [-0.05, 0) is 30.3 Å². The fraction of sp³-hybridized carbons (Fsp3) is 0.273. The average molecular weight is 280 g/mol. The molecule has 1 N–H and O–H groups in total. The van der Waals surface area contributed by atoms with Gasteiger partial charge in [-0.2, -0.15) is 5.10 Å². The summed E-state index contributed by atoms with van der Waals surface area (Å²) < 4.78 is 1.54. The highest BCUT2D eigenvalue weighted by Crippen LogP contribution is 2.35. The van der Waals surface area contributed by atoms with Gasteiger partial charge in [-0.3, -0.25) is 10.1 Å². The molecule has 1 heterocycles. The summed E-state index contributed by atoms with van der Waals surface area (Å²) in [5, 5.41) is 25.0. The third kappa shape index (κ3) is 2.91. The first-order chi connectivity index (χ1) is 8.99. The molecule has 0 fully saturated rings. The highest BCUT2D eigenvalue weighted by atomic mass is 32.2. The van der Waals surface area contributed by atoms with Gasteiger partial charge in [-0.15, -0.1) is 0 Å². The highest BCUT2D eigenvalue weighted by Gasteiger charge is 2.18. The number of nitrogens with zero attached hydrogens (tertiary/aromatic N) is 4. The van der Waals surface area contributed by atoms with Crippen LogP contribution in [-0.4, -0.2) is 24.8 Å². The number of nitro groups is 1. The molecule has 1 aromatic carbocycles. The van der Waals surface area contributed by atoms with E-state index in [4.69, 9.17) is 0 Å². The maximum Gasteiger partial charge on any atom is 0.283 e. The molecule has 7 nitrogen and oxygen atoms in total. The van der Waals surface area contributed by atoms with Crippen molar-refractivity contribution >= 4 is 17.4 Å². The van der Waals surface area contributed by atoms with Crippen LogP contribution in [0.25, 0.3) is 0 Å². The van der Waals surface area contributed by atoms with E-state index >= 15 is 0 Å². The average Bonchev–Trinajstić information content (AvgIpc) is 2.75. The van der Waals surface area contributed by atoms with Gasteiger partial charge in [0.05, 0.1) is 15.9 Å². The number of hydrogen-bond donors (Lipinski definition) is 1. The van der Waals surface area contributed by atoms with Gasteiger partial charge >= 0.3 is 0 Å². The van der Waals surface area contributed by atoms with Crippen LogP contribution >= 0.6 is 11.8 Å². The summed E-state index contributed by atoms with van der Waals surface area (Å²) in [6.07, 6.45) is 0.644. The van der Waals surface area contributed by atoms with Gasteiger partial charge in [-0.1, -0.05) is 6.07 Å². The largest absolute Gasteiger partial charge is 0.389 e. The van der Waals surface area contributed by atoms with Gasteiger partial charge in [0.2, 0.25) is 0 Å². The van der Waals surface area contributed by atoms with Gasteiger partial charge < -0.3 is 5.11 Å². The van der Waals surface area contributed by atoms with E-state index in [0.717, 1.165) is 11.8 Å². The van der Waals surface area contributed by atoms with Crippen molar-refractivity contribution in [3.63, 3.8) is 0 Å². The summed E-state index contributed by atoms with van der Waals surface area (Å²) in [4.78, 5) is 15.1. The molecule has 0 saturated heterocycles. The van der Waals surface area contributed by atoms with Gasteiger partial charge in [0.1, 0.15) is 6.33 Å². The lowest BCUT2D eigenvalue weighted by atomic mass is 10.1. The Hall–Kier alpha value is -1.93. The van der Waals surface area contributed by atoms with Crippen LogP contribution in [0.15, 0.2) is 34.6 Å². The number of hydrogen-bond acceptors (Lipinski definition) is 6. The zero-order valence-corrected chi connectivity index (χ0v) is 11.2. The standard InChI is InChI=1S/C11H12N4O3S/c1-7(16)8-3-4-10(9(5-8)15(17)18)19-11-12-6-13-14(11)2/h3-7,16H,1-2H3. The van der Waals surface area contributed by atoms with Crippen LogP contribution in [-0.2, 0) is 7.05 Å². The second-order valence-corrected chi connectivity index (χ2v) is 4.94. The molecule has 0 bridgehead atoms. The monoisotopic (exact) mass is 280 g/mol. The van der Waals surface area contributed by atoms with Crippen molar-refractivity contribution < 1.29 is 10.0 Å². The molecule has 0 amide bonds. The molecular weight excluding hydrogens is 268 g/mol. The molecule has 1 unspecified atom stereocenters. The Bertz CT molecular complexity index is 612. The van der Waals surface area contributed by atoms with Crippen LogP contribution in [0.4, 0.5) is 5.69 Å². The van der Waals surface area contributed by atoms with E-state index in [-0.39, 0.29) is 5.69 Å². The van der Waals surface area contributed by atoms with Crippen LogP contribution in [0.2, 0.25) is 0 Å². The molecule has 100 valence electrons. The van der Waals surface area contributed by atoms with Crippen LogP contribution in [0.5, 0.6) is 0 Å². The van der Waals surface area contributed by atoms with E-state index in [1.165, 1.54) is 17.1 Å². The Balaban J connectivity index is 2.40. The number of aliphatic hydroxyl groups excluding tert-OH is 1. The Labute approximate surface area is 113 Å². The van der Waals surface area contributed by atoms with Crippen molar-refractivity contribution in [2.45, 2.75) is 23.1 Å². The third-order valence-corrected chi connectivity index (χ3v) is 3.65. The lowest BCUT2D eigenvalue weighted by Gasteiger charge is -2.07. The zero-order chi connectivity index (χ0) is 14.0. The van der Waals surface area contributed by atoms with E-state index < -0.39 is 11.0 Å². The van der Waals surface area contributed by atoms with E-state index in [1.807, 2.05) is 0 Å². The van der Waals surface area contributed by atoms with Gasteiger partial charge in [0.15, 0.2) is 5.16 Å². The summed E-state index contributed by atoms with van der Waals surface area (Å²) in [5.41, 5.74) is 0.459. The summed E-state index contributed by atoms with van der Waals surface area (Å²) in [7, 11) is 1.71. The van der Waals surface area contributed by atoms with Gasteiger partial charge in [-0.25, -0.2) is 9.67 Å². The second kappa shape index (κ2) is 5.37. The molecule has 0 spiro atoms. The first-order valence-electron chi connectivity index (χ1n) is 5.47. The SMILES string of the molecule is CC(O)c1ccc(Sc2ncnn2C)c([N+](=O)[O-])c1. The molecule has 19 heavy (non-hydrogen) atoms. The lowest BCUT2D eigenvalue weighted by molar-refractivity contribution is -0.387. The minimum absolute atomic E-state index is 0.0496. The van der Waals surface area contributed by atoms with E-state index in [0.29, 0.717) is 15.6 Å². The molecule has 0 radical (unpaired) electrons. The first-order valence-corrected chi connectivity index (χ1v) is 6.29. The number of aromatic nitrogens is 3. The van der Waals surface area contributed by atoms with Crippen LogP contribution in [0.1, 0.15) is 18.6 Å². The van der Waals surface area contributed by atoms with Crippen molar-refractivity contribution in [1.82, 2.24) is 14.8 Å². The molecule has 1 atom stereocenters. The zero-order valence-electron chi connectivity index (χ0n) is 10.3. The normalized spacial score (nSPS) is 12.4. The van der Waals surface area contributed by atoms with E-state index in [2.05, 4.69) is 10.1 Å². The van der Waals surface area contributed by atoms with Gasteiger partial charge in [0.25, 0.3) is 5.69 Å². The van der Waals surface area contributed by atoms with Crippen molar-refractivity contribution in [1.29, 1.82) is 0 Å². The topological polar surface area (TPSA) is 94.1 Å². The molecule has 2 aromatic rings. The Morgan fingerprint density at radius 2 is 2.26 bits per heavy atom. The number of benzene rings is 1. The highest BCUT2D eigenvalue weighted by molar-refractivity contribution is 7.99. The summed E-state index contributed by atoms with van der Waals surface area (Å²) in [6, 6.07) is 4.65. The molecule has 2 rings (SSSR count). The van der Waals surface area contributed by atoms with Crippen molar-refractivity contribution in [3.8, 4) is 0 Å². The quantitative estimate of drug-likeness (QED) is 0.679. The summed E-state index contributed by atoms with van der Waals surface area (Å²) in [6.45, 7) is 1.56. The molecule has 0 aliphatic heterocycles. The van der Waals surface area contributed by atoms with E-state index in [1.54, 1.807) is 26.1 Å². The smallest absolute Gasteiger partial charge is 0.283 e. The Morgan fingerprint density at radius 1 is 1.53 bits per heavy atom. The minimum Gasteiger partial charge on any atom is -0.389 e. The predicted molar refractivity (Wildman–Crippen MR) is 68.9 cm³/mol. The molecule has 0 saturated carbocycles. The maximum atomic E-state index is 11.1. The minimum atomic E-state index is -0.743. The lowest BCUT2D eigenvalue weighted by Crippen LogP contribution is -1.98. The van der Waals surface area contributed by atoms with Crippen molar-refractivity contribution in [2.24, 2.45) is 7.05 Å². The van der Waals surface area contributed by atoms with Crippen LogP contribution in [0, 0.1) is 10.1 Å². The summed E-state index contributed by atoms with van der Waals surface area (Å²) in [5.74, 6) is 0. The summed E-state index contributed by atoms with van der Waals surface area (Å²) >= 11 is 1.16. The maximum absolute atomic E-state index is 11.1. The van der Waals surface area contributed by atoms with Crippen LogP contribution < -0.4 is 0 Å². The number of aliphatic hydroxyl groups is 1. The van der Waals surface area contributed by atoms with Crippen LogP contribution in [0.3, 0.4) is 0 Å². The molecule has 8 heteroatoms. The fourth-order valence-corrected chi connectivity index (χ4v) is 2.35. The Morgan fingerprint density at radius 3 is 2.79 bits per heavy atom. The van der Waals surface area contributed by atoms with E-state index in [9.17, 15) is 15.2 Å². The fourth-order valence-electron chi connectivity index (χ4n) is 1.50. The predicted octanol–water partition coefficient (Wildman–Crippen LogP) is 1.93. The second-order valence-electron chi connectivity index (χ2n) is 3.93. The first kappa shape index (κ1) is 13.5. The molecule has 0 aliphatic rings. The molecule has 0 aliphatic carbocycles. The Kier molecular flexibility index (Phi) is 3.82. The number of aryl methyl sites for hydroxylation is 1. The molecular formula is C11H12N4O3S. The number of rotatable bonds is 4. The van der Waals surface area contributed by atoms with Crippen molar-refractivity contribution in [3.05, 3.63) is 40.2 Å². The number of nitro benzene ring substituents is 1. The molecule has 1 aromatic heterocycles. The third-order valence-electron chi connectivity index (χ3n) is 2.53. The van der Waals surface area contributed by atoms with Gasteiger partial charge in [0, 0.05) is 13.1 Å².